The normalized spacial score (nSPS) is 13.7. The molecular formula is C19H22N4O5. The van der Waals surface area contributed by atoms with Gasteiger partial charge in [0.15, 0.2) is 0 Å². The molecule has 2 rings (SSSR count). The highest BCUT2D eigenvalue weighted by molar-refractivity contribution is 6.45. The van der Waals surface area contributed by atoms with E-state index in [1.165, 1.54) is 12.1 Å². The number of nitrogens with one attached hydrogen (secondary N) is 1. The van der Waals surface area contributed by atoms with Crippen molar-refractivity contribution in [3.8, 4) is 0 Å². The van der Waals surface area contributed by atoms with Gasteiger partial charge in [-0.1, -0.05) is 12.1 Å². The number of carbonyl (C=O) groups is 5. The van der Waals surface area contributed by atoms with Crippen molar-refractivity contribution in [2.24, 2.45) is 0 Å². The van der Waals surface area contributed by atoms with Crippen molar-refractivity contribution in [3.05, 3.63) is 42.5 Å². The number of hydrogen-bond donors (Lipinski definition) is 1. The van der Waals surface area contributed by atoms with E-state index in [-0.39, 0.29) is 12.5 Å². The summed E-state index contributed by atoms with van der Waals surface area (Å²) in [6.07, 6.45) is 1.31. The van der Waals surface area contributed by atoms with E-state index in [0.717, 1.165) is 0 Å². The molecule has 0 bridgehead atoms. The second kappa shape index (κ2) is 8.94. The minimum Gasteiger partial charge on any atom is -0.339 e. The predicted octanol–water partition coefficient (Wildman–Crippen LogP) is 1.08. The molecule has 1 saturated heterocycles. The van der Waals surface area contributed by atoms with Crippen LogP contribution < -0.4 is 5.32 Å². The second-order valence-electron chi connectivity index (χ2n) is 5.98. The zero-order valence-electron chi connectivity index (χ0n) is 15.8. The number of nitrogens with zero attached hydrogens (tertiary/aromatic N) is 3. The molecular weight excluding hydrogens is 364 g/mol. The number of hydrogen-bond acceptors (Lipinski definition) is 5. The number of urea groups is 1. The standard InChI is InChI=1S/C19H22N4O5/c1-4-10-22-17(26)18(27)23(19(22)28)12-15(24)20-14-9-7-8-13(11-14)16(25)21(5-2)6-3/h4,7-9,11H,1,5-6,10,12H2,2-3H3,(H,20,24). The number of anilines is 1. The van der Waals surface area contributed by atoms with Gasteiger partial charge < -0.3 is 10.2 Å². The first-order valence-corrected chi connectivity index (χ1v) is 8.81. The zero-order valence-corrected chi connectivity index (χ0v) is 15.8. The topological polar surface area (TPSA) is 107 Å². The molecule has 0 spiro atoms. The Labute approximate surface area is 162 Å². The molecule has 1 N–H and O–H groups in total. The number of benzene rings is 1. The lowest BCUT2D eigenvalue weighted by molar-refractivity contribution is -0.143. The summed E-state index contributed by atoms with van der Waals surface area (Å²) in [6.45, 7) is 7.55. The van der Waals surface area contributed by atoms with Gasteiger partial charge in [-0.2, -0.15) is 0 Å². The molecule has 1 aromatic rings. The number of carbonyl (C=O) groups excluding carboxylic acids is 5. The lowest BCUT2D eigenvalue weighted by Gasteiger charge is -2.19. The van der Waals surface area contributed by atoms with Gasteiger partial charge in [-0.15, -0.1) is 6.58 Å². The predicted molar refractivity (Wildman–Crippen MR) is 101 cm³/mol. The third kappa shape index (κ3) is 4.25. The number of rotatable bonds is 8. The van der Waals surface area contributed by atoms with Crippen LogP contribution in [0.4, 0.5) is 10.5 Å². The minimum atomic E-state index is -1.06. The minimum absolute atomic E-state index is 0.114. The molecule has 0 aromatic heterocycles. The summed E-state index contributed by atoms with van der Waals surface area (Å²) in [6, 6.07) is 5.49. The summed E-state index contributed by atoms with van der Waals surface area (Å²) in [5.74, 6) is -2.89. The Hall–Kier alpha value is -3.49. The van der Waals surface area contributed by atoms with Crippen molar-refractivity contribution >= 4 is 35.3 Å². The third-order valence-corrected chi connectivity index (χ3v) is 4.19. The van der Waals surface area contributed by atoms with E-state index in [9.17, 15) is 24.0 Å². The van der Waals surface area contributed by atoms with E-state index < -0.39 is 30.3 Å². The molecule has 0 saturated carbocycles. The van der Waals surface area contributed by atoms with Gasteiger partial charge in [0.1, 0.15) is 6.54 Å². The van der Waals surface area contributed by atoms with Crippen LogP contribution in [0.25, 0.3) is 0 Å². The molecule has 1 fully saturated rings. The van der Waals surface area contributed by atoms with E-state index in [1.807, 2.05) is 13.8 Å². The first-order valence-electron chi connectivity index (χ1n) is 8.81. The molecule has 1 aliphatic heterocycles. The van der Waals surface area contributed by atoms with Gasteiger partial charge in [0.05, 0.1) is 0 Å². The molecule has 1 aromatic carbocycles. The largest absolute Gasteiger partial charge is 0.339 e. The maximum Gasteiger partial charge on any atom is 0.335 e. The van der Waals surface area contributed by atoms with Gasteiger partial charge in [0, 0.05) is 30.9 Å². The van der Waals surface area contributed by atoms with E-state index >= 15 is 0 Å². The van der Waals surface area contributed by atoms with Crippen LogP contribution in [-0.4, -0.2) is 70.5 Å². The fraction of sp³-hybridized carbons (Fsp3) is 0.316. The van der Waals surface area contributed by atoms with E-state index in [0.29, 0.717) is 34.1 Å². The summed E-state index contributed by atoms with van der Waals surface area (Å²) < 4.78 is 0. The van der Waals surface area contributed by atoms with Crippen molar-refractivity contribution < 1.29 is 24.0 Å². The Morgan fingerprint density at radius 1 is 1.11 bits per heavy atom. The van der Waals surface area contributed by atoms with Crippen molar-refractivity contribution in [1.82, 2.24) is 14.7 Å². The highest BCUT2D eigenvalue weighted by Gasteiger charge is 2.44. The fourth-order valence-electron chi connectivity index (χ4n) is 2.75. The molecule has 6 amide bonds. The lowest BCUT2D eigenvalue weighted by Crippen LogP contribution is -2.39. The number of imide groups is 2. The molecule has 0 aliphatic carbocycles. The summed E-state index contributed by atoms with van der Waals surface area (Å²) in [5, 5.41) is 2.54. The van der Waals surface area contributed by atoms with Crippen LogP contribution in [-0.2, 0) is 14.4 Å². The Kier molecular flexibility index (Phi) is 6.64. The summed E-state index contributed by atoms with van der Waals surface area (Å²) >= 11 is 0. The molecule has 0 radical (unpaired) electrons. The smallest absolute Gasteiger partial charge is 0.335 e. The Morgan fingerprint density at radius 2 is 1.75 bits per heavy atom. The second-order valence-corrected chi connectivity index (χ2v) is 5.98. The molecule has 0 atom stereocenters. The van der Waals surface area contributed by atoms with Crippen LogP contribution in [0.5, 0.6) is 0 Å². The average molecular weight is 386 g/mol. The van der Waals surface area contributed by atoms with Gasteiger partial charge in [-0.3, -0.25) is 24.1 Å². The van der Waals surface area contributed by atoms with Gasteiger partial charge in [-0.05, 0) is 32.0 Å². The Bertz CT molecular complexity index is 831. The average Bonchev–Trinajstić information content (AvgIpc) is 2.87. The van der Waals surface area contributed by atoms with Crippen LogP contribution in [0, 0.1) is 0 Å². The molecule has 1 aliphatic rings. The van der Waals surface area contributed by atoms with Crippen LogP contribution in [0.15, 0.2) is 36.9 Å². The molecule has 9 heteroatoms. The highest BCUT2D eigenvalue weighted by Crippen LogP contribution is 2.15. The van der Waals surface area contributed by atoms with Crippen LogP contribution in [0.1, 0.15) is 24.2 Å². The van der Waals surface area contributed by atoms with Crippen molar-refractivity contribution in [3.63, 3.8) is 0 Å². The monoisotopic (exact) mass is 386 g/mol. The van der Waals surface area contributed by atoms with Gasteiger partial charge >= 0.3 is 17.8 Å². The summed E-state index contributed by atoms with van der Waals surface area (Å²) in [5.41, 5.74) is 0.749. The molecule has 28 heavy (non-hydrogen) atoms. The SMILES string of the molecule is C=CCN1C(=O)C(=O)N(CC(=O)Nc2cccc(C(=O)N(CC)CC)c2)C1=O. The Morgan fingerprint density at radius 3 is 2.36 bits per heavy atom. The third-order valence-electron chi connectivity index (χ3n) is 4.19. The Balaban J connectivity index is 2.08. The van der Waals surface area contributed by atoms with Crippen molar-refractivity contribution in [1.29, 1.82) is 0 Å². The van der Waals surface area contributed by atoms with Crippen LogP contribution in [0.2, 0.25) is 0 Å². The van der Waals surface area contributed by atoms with Crippen LogP contribution in [0.3, 0.4) is 0 Å². The highest BCUT2D eigenvalue weighted by atomic mass is 16.2. The van der Waals surface area contributed by atoms with Gasteiger partial charge in [-0.25, -0.2) is 9.69 Å². The maximum absolute atomic E-state index is 12.4. The van der Waals surface area contributed by atoms with E-state index in [1.54, 1.807) is 23.1 Å². The van der Waals surface area contributed by atoms with Gasteiger partial charge in [0.2, 0.25) is 5.91 Å². The molecule has 0 unspecified atom stereocenters. The summed E-state index contributed by atoms with van der Waals surface area (Å²) in [4.78, 5) is 63.4. The van der Waals surface area contributed by atoms with Crippen LogP contribution >= 0.6 is 0 Å². The van der Waals surface area contributed by atoms with E-state index in [2.05, 4.69) is 11.9 Å². The number of amides is 6. The van der Waals surface area contributed by atoms with Crippen molar-refractivity contribution in [2.75, 3.05) is 31.5 Å². The molecule has 1 heterocycles. The lowest BCUT2D eigenvalue weighted by atomic mass is 10.1. The van der Waals surface area contributed by atoms with Crippen molar-refractivity contribution in [2.45, 2.75) is 13.8 Å². The zero-order chi connectivity index (χ0) is 20.8. The first-order chi connectivity index (χ1) is 13.3. The van der Waals surface area contributed by atoms with E-state index in [4.69, 9.17) is 0 Å². The first kappa shape index (κ1) is 20.8. The molecule has 148 valence electrons. The van der Waals surface area contributed by atoms with Gasteiger partial charge in [0.25, 0.3) is 5.91 Å². The quantitative estimate of drug-likeness (QED) is 0.409. The molecule has 9 nitrogen and oxygen atoms in total. The fourth-order valence-corrected chi connectivity index (χ4v) is 2.75. The summed E-state index contributed by atoms with van der Waals surface area (Å²) in [7, 11) is 0. The maximum atomic E-state index is 12.4.